The molecule has 0 saturated carbocycles. The summed E-state index contributed by atoms with van der Waals surface area (Å²) in [4.78, 5) is 33.0. The van der Waals surface area contributed by atoms with Gasteiger partial charge in [-0.2, -0.15) is 0 Å². The van der Waals surface area contributed by atoms with Crippen LogP contribution in [0, 0.1) is 0 Å². The molecule has 102 valence electrons. The van der Waals surface area contributed by atoms with E-state index in [2.05, 4.69) is 9.47 Å². The van der Waals surface area contributed by atoms with Gasteiger partial charge in [0.2, 0.25) is 0 Å². The molecule has 0 radical (unpaired) electrons. The summed E-state index contributed by atoms with van der Waals surface area (Å²) >= 11 is 0. The summed E-state index contributed by atoms with van der Waals surface area (Å²) in [6, 6.07) is 0. The highest BCUT2D eigenvalue weighted by Gasteiger charge is 2.06. The molecule has 0 aromatic heterocycles. The lowest BCUT2D eigenvalue weighted by Crippen LogP contribution is -2.16. The summed E-state index contributed by atoms with van der Waals surface area (Å²) < 4.78 is 13.9. The first kappa shape index (κ1) is 16.1. The zero-order valence-electron chi connectivity index (χ0n) is 10.6. The largest absolute Gasteiger partial charge is 0.463 e. The minimum atomic E-state index is -0.796. The number of rotatable bonds is 8. The third-order valence-corrected chi connectivity index (χ3v) is 1.74. The average molecular weight is 258 g/mol. The normalized spacial score (nSPS) is 10.1. The van der Waals surface area contributed by atoms with Crippen molar-refractivity contribution < 1.29 is 28.6 Å². The van der Waals surface area contributed by atoms with Crippen LogP contribution in [0.15, 0.2) is 12.2 Å². The molecule has 0 unspecified atom stereocenters. The topological polar surface area (TPSA) is 78.9 Å². The molecule has 0 saturated heterocycles. The molecule has 0 rings (SSSR count). The summed E-state index contributed by atoms with van der Waals surface area (Å²) in [6.45, 7) is 3.69. The van der Waals surface area contributed by atoms with Crippen LogP contribution in [0.1, 0.15) is 26.7 Å². The highest BCUT2D eigenvalue weighted by Crippen LogP contribution is 1.91. The molecule has 6 nitrogen and oxygen atoms in total. The second-order valence-corrected chi connectivity index (χ2v) is 3.27. The van der Waals surface area contributed by atoms with Gasteiger partial charge in [-0.15, -0.1) is 0 Å². The highest BCUT2D eigenvalue weighted by atomic mass is 16.6. The first-order valence-corrected chi connectivity index (χ1v) is 5.77. The lowest BCUT2D eigenvalue weighted by atomic mass is 10.4. The summed E-state index contributed by atoms with van der Waals surface area (Å²) in [5.74, 6) is -2.04. The Hall–Kier alpha value is -1.85. The van der Waals surface area contributed by atoms with Crippen LogP contribution in [-0.4, -0.2) is 37.7 Å². The first-order valence-electron chi connectivity index (χ1n) is 5.77. The van der Waals surface area contributed by atoms with E-state index in [4.69, 9.17) is 4.74 Å². The minimum absolute atomic E-state index is 0.224. The lowest BCUT2D eigenvalue weighted by Gasteiger charge is -2.03. The van der Waals surface area contributed by atoms with E-state index >= 15 is 0 Å². The molecule has 0 aromatic carbocycles. The predicted molar refractivity (Wildman–Crippen MR) is 62.6 cm³/mol. The molecular weight excluding hydrogens is 240 g/mol. The van der Waals surface area contributed by atoms with Crippen LogP contribution >= 0.6 is 0 Å². The first-order chi connectivity index (χ1) is 8.60. The van der Waals surface area contributed by atoms with Crippen LogP contribution in [-0.2, 0) is 28.6 Å². The summed E-state index contributed by atoms with van der Waals surface area (Å²) in [5.41, 5.74) is 0. The number of carbonyl (C=O) groups is 3. The summed E-state index contributed by atoms with van der Waals surface area (Å²) in [5, 5.41) is 0. The quantitative estimate of drug-likeness (QED) is 0.279. The van der Waals surface area contributed by atoms with Crippen molar-refractivity contribution in [2.45, 2.75) is 26.7 Å². The molecule has 0 fully saturated rings. The van der Waals surface area contributed by atoms with E-state index in [0.717, 1.165) is 25.0 Å². The third-order valence-electron chi connectivity index (χ3n) is 1.74. The SMILES string of the molecule is CCCCOC(=O)COC(=O)/C=C\C(=O)OCC. The van der Waals surface area contributed by atoms with Crippen molar-refractivity contribution in [3.05, 3.63) is 12.2 Å². The number of esters is 3. The molecule has 0 bridgehead atoms. The molecule has 0 aromatic rings. The number of unbranched alkanes of at least 4 members (excludes halogenated alkanes) is 1. The number of ether oxygens (including phenoxy) is 3. The zero-order chi connectivity index (χ0) is 13.8. The van der Waals surface area contributed by atoms with Gasteiger partial charge in [0.1, 0.15) is 0 Å². The molecular formula is C12H18O6. The molecule has 0 spiro atoms. The van der Waals surface area contributed by atoms with Gasteiger partial charge in [0.05, 0.1) is 13.2 Å². The van der Waals surface area contributed by atoms with Crippen LogP contribution in [0.25, 0.3) is 0 Å². The maximum Gasteiger partial charge on any atom is 0.344 e. The second-order valence-electron chi connectivity index (χ2n) is 3.27. The van der Waals surface area contributed by atoms with Crippen molar-refractivity contribution in [2.75, 3.05) is 19.8 Å². The monoisotopic (exact) mass is 258 g/mol. The van der Waals surface area contributed by atoms with Crippen molar-refractivity contribution in [3.63, 3.8) is 0 Å². The molecule has 0 aliphatic carbocycles. The average Bonchev–Trinajstić information content (AvgIpc) is 2.34. The van der Waals surface area contributed by atoms with E-state index in [-0.39, 0.29) is 6.61 Å². The fourth-order valence-electron chi connectivity index (χ4n) is 0.877. The van der Waals surface area contributed by atoms with Crippen molar-refractivity contribution in [1.82, 2.24) is 0 Å². The molecule has 18 heavy (non-hydrogen) atoms. The fraction of sp³-hybridized carbons (Fsp3) is 0.583. The Labute approximate surface area is 106 Å². The van der Waals surface area contributed by atoms with Gasteiger partial charge in [-0.1, -0.05) is 13.3 Å². The van der Waals surface area contributed by atoms with E-state index in [1.807, 2.05) is 6.92 Å². The van der Waals surface area contributed by atoms with E-state index in [1.165, 1.54) is 0 Å². The van der Waals surface area contributed by atoms with E-state index < -0.39 is 24.5 Å². The Balaban J connectivity index is 3.76. The van der Waals surface area contributed by atoms with Gasteiger partial charge in [0.15, 0.2) is 6.61 Å². The maximum absolute atomic E-state index is 11.1. The van der Waals surface area contributed by atoms with E-state index in [0.29, 0.717) is 6.61 Å². The van der Waals surface area contributed by atoms with Crippen molar-refractivity contribution in [2.24, 2.45) is 0 Å². The molecule has 0 atom stereocenters. The van der Waals surface area contributed by atoms with Crippen LogP contribution in [0.2, 0.25) is 0 Å². The Morgan fingerprint density at radius 2 is 1.56 bits per heavy atom. The van der Waals surface area contributed by atoms with Crippen molar-refractivity contribution in [3.8, 4) is 0 Å². The summed E-state index contributed by atoms with van der Waals surface area (Å²) in [7, 11) is 0. The molecule has 0 N–H and O–H groups in total. The van der Waals surface area contributed by atoms with Gasteiger partial charge in [0.25, 0.3) is 0 Å². The highest BCUT2D eigenvalue weighted by molar-refractivity contribution is 5.92. The Morgan fingerprint density at radius 3 is 2.11 bits per heavy atom. The molecule has 0 aliphatic rings. The standard InChI is InChI=1S/C12H18O6/c1-3-5-8-17-12(15)9-18-11(14)7-6-10(13)16-4-2/h6-7H,3-5,8-9H2,1-2H3/b7-6-. The van der Waals surface area contributed by atoms with Gasteiger partial charge < -0.3 is 14.2 Å². The van der Waals surface area contributed by atoms with Gasteiger partial charge >= 0.3 is 17.9 Å². The number of carbonyl (C=O) groups excluding carboxylic acids is 3. The fourth-order valence-corrected chi connectivity index (χ4v) is 0.877. The van der Waals surface area contributed by atoms with Crippen LogP contribution < -0.4 is 0 Å². The summed E-state index contributed by atoms with van der Waals surface area (Å²) in [6.07, 6.45) is 3.52. The molecule has 0 amide bonds. The van der Waals surface area contributed by atoms with Crippen LogP contribution in [0.5, 0.6) is 0 Å². The Morgan fingerprint density at radius 1 is 0.944 bits per heavy atom. The minimum Gasteiger partial charge on any atom is -0.463 e. The number of hydrogen-bond donors (Lipinski definition) is 0. The zero-order valence-corrected chi connectivity index (χ0v) is 10.6. The third kappa shape index (κ3) is 9.38. The predicted octanol–water partition coefficient (Wildman–Crippen LogP) is 0.992. The smallest absolute Gasteiger partial charge is 0.344 e. The van der Waals surface area contributed by atoms with Gasteiger partial charge in [-0.05, 0) is 13.3 Å². The van der Waals surface area contributed by atoms with Gasteiger partial charge in [-0.25, -0.2) is 14.4 Å². The van der Waals surface area contributed by atoms with Crippen LogP contribution in [0.4, 0.5) is 0 Å². The molecule has 0 aliphatic heterocycles. The Bertz CT molecular complexity index is 308. The van der Waals surface area contributed by atoms with Gasteiger partial charge in [0, 0.05) is 12.2 Å². The van der Waals surface area contributed by atoms with Crippen molar-refractivity contribution in [1.29, 1.82) is 0 Å². The maximum atomic E-state index is 11.1. The van der Waals surface area contributed by atoms with Crippen LogP contribution in [0.3, 0.4) is 0 Å². The molecule has 0 heterocycles. The molecule has 6 heteroatoms. The second kappa shape index (κ2) is 10.3. The van der Waals surface area contributed by atoms with Crippen molar-refractivity contribution >= 4 is 17.9 Å². The lowest BCUT2D eigenvalue weighted by molar-refractivity contribution is -0.156. The Kier molecular flexibility index (Phi) is 9.25. The van der Waals surface area contributed by atoms with Gasteiger partial charge in [-0.3, -0.25) is 0 Å². The van der Waals surface area contributed by atoms with E-state index in [1.54, 1.807) is 6.92 Å². The number of hydrogen-bond acceptors (Lipinski definition) is 6. The van der Waals surface area contributed by atoms with E-state index in [9.17, 15) is 14.4 Å².